The number of hydrogen-bond acceptors (Lipinski definition) is 1. The van der Waals surface area contributed by atoms with E-state index in [2.05, 4.69) is 26.1 Å². The normalized spacial score (nSPS) is 22.4. The zero-order valence-corrected chi connectivity index (χ0v) is 12.0. The van der Waals surface area contributed by atoms with Gasteiger partial charge in [0.05, 0.1) is 0 Å². The predicted molar refractivity (Wildman–Crippen MR) is 75.1 cm³/mol. The first-order valence-corrected chi connectivity index (χ1v) is 7.95. The zero-order chi connectivity index (χ0) is 12.3. The van der Waals surface area contributed by atoms with E-state index < -0.39 is 0 Å². The maximum absolute atomic E-state index is 3.87. The van der Waals surface area contributed by atoms with Gasteiger partial charge in [0.1, 0.15) is 0 Å². The molecule has 1 atom stereocenters. The van der Waals surface area contributed by atoms with Crippen LogP contribution >= 0.6 is 0 Å². The molecular weight excluding hydrogens is 206 g/mol. The number of nitrogens with one attached hydrogen (secondary N) is 1. The lowest BCUT2D eigenvalue weighted by molar-refractivity contribution is 0.259. The fourth-order valence-corrected chi connectivity index (χ4v) is 3.28. The van der Waals surface area contributed by atoms with Crippen LogP contribution < -0.4 is 5.32 Å². The van der Waals surface area contributed by atoms with Crippen molar-refractivity contribution in [2.45, 2.75) is 71.8 Å². The Kier molecular flexibility index (Phi) is 4.90. The molecule has 0 spiro atoms. The van der Waals surface area contributed by atoms with Crippen LogP contribution in [-0.4, -0.2) is 12.6 Å². The maximum Gasteiger partial charge on any atom is 0.0101 e. The molecule has 0 aromatic heterocycles. The Hall–Kier alpha value is -0.0400. The second-order valence-electron chi connectivity index (χ2n) is 6.78. The summed E-state index contributed by atoms with van der Waals surface area (Å²) >= 11 is 0. The van der Waals surface area contributed by atoms with E-state index >= 15 is 0 Å². The van der Waals surface area contributed by atoms with Gasteiger partial charge in [-0.1, -0.05) is 20.8 Å². The molecule has 0 aromatic carbocycles. The van der Waals surface area contributed by atoms with Crippen molar-refractivity contribution >= 4 is 0 Å². The minimum atomic E-state index is 0.831. The third-order valence-electron chi connectivity index (χ3n) is 4.51. The highest BCUT2D eigenvalue weighted by molar-refractivity contribution is 4.97. The van der Waals surface area contributed by atoms with Crippen LogP contribution in [0.4, 0.5) is 0 Å². The third kappa shape index (κ3) is 4.28. The molecule has 0 amide bonds. The van der Waals surface area contributed by atoms with Crippen molar-refractivity contribution in [3.8, 4) is 0 Å². The Bertz CT molecular complexity index is 204. The van der Waals surface area contributed by atoms with Crippen LogP contribution in [-0.2, 0) is 0 Å². The summed E-state index contributed by atoms with van der Waals surface area (Å²) in [6.45, 7) is 8.23. The van der Waals surface area contributed by atoms with Gasteiger partial charge in [0.25, 0.3) is 0 Å². The smallest absolute Gasteiger partial charge is 0.0101 e. The van der Waals surface area contributed by atoms with Crippen molar-refractivity contribution in [1.29, 1.82) is 0 Å². The quantitative estimate of drug-likeness (QED) is 0.633. The first-order valence-electron chi connectivity index (χ1n) is 7.95. The summed E-state index contributed by atoms with van der Waals surface area (Å²) < 4.78 is 0. The van der Waals surface area contributed by atoms with Crippen molar-refractivity contribution in [1.82, 2.24) is 5.32 Å². The van der Waals surface area contributed by atoms with Crippen molar-refractivity contribution in [3.05, 3.63) is 0 Å². The second-order valence-corrected chi connectivity index (χ2v) is 6.78. The number of hydrogen-bond donors (Lipinski definition) is 1. The van der Waals surface area contributed by atoms with E-state index in [0.29, 0.717) is 0 Å². The standard InChI is InChI=1S/C16H31N/c1-4-11-17-15(10-5-12(2)3)16(13-6-7-13)14-8-9-14/h12-17H,4-11H2,1-3H3. The van der Waals surface area contributed by atoms with Crippen LogP contribution in [0.15, 0.2) is 0 Å². The Labute approximate surface area is 108 Å². The van der Waals surface area contributed by atoms with Gasteiger partial charge in [-0.25, -0.2) is 0 Å². The maximum atomic E-state index is 3.87. The lowest BCUT2D eigenvalue weighted by atomic mass is 9.85. The molecule has 2 rings (SSSR count). The molecule has 17 heavy (non-hydrogen) atoms. The lowest BCUT2D eigenvalue weighted by Crippen LogP contribution is -2.39. The Morgan fingerprint density at radius 3 is 2.00 bits per heavy atom. The fourth-order valence-electron chi connectivity index (χ4n) is 3.28. The van der Waals surface area contributed by atoms with E-state index in [1.165, 1.54) is 51.5 Å². The molecule has 0 saturated heterocycles. The molecule has 0 aromatic rings. The van der Waals surface area contributed by atoms with E-state index in [1.54, 1.807) is 0 Å². The summed E-state index contributed by atoms with van der Waals surface area (Å²) in [6.07, 6.45) is 10.2. The van der Waals surface area contributed by atoms with Gasteiger partial charge in [-0.2, -0.15) is 0 Å². The fraction of sp³-hybridized carbons (Fsp3) is 1.00. The van der Waals surface area contributed by atoms with Crippen LogP contribution in [0.5, 0.6) is 0 Å². The van der Waals surface area contributed by atoms with Gasteiger partial charge in [0, 0.05) is 6.04 Å². The summed E-state index contributed by atoms with van der Waals surface area (Å²) in [6, 6.07) is 0.831. The van der Waals surface area contributed by atoms with Gasteiger partial charge in [-0.15, -0.1) is 0 Å². The van der Waals surface area contributed by atoms with Gasteiger partial charge < -0.3 is 5.32 Å². The highest BCUT2D eigenvalue weighted by atomic mass is 14.9. The van der Waals surface area contributed by atoms with Crippen molar-refractivity contribution < 1.29 is 0 Å². The molecule has 1 heteroatoms. The van der Waals surface area contributed by atoms with Gasteiger partial charge in [-0.3, -0.25) is 0 Å². The highest BCUT2D eigenvalue weighted by Gasteiger charge is 2.44. The lowest BCUT2D eigenvalue weighted by Gasteiger charge is -2.29. The van der Waals surface area contributed by atoms with E-state index in [0.717, 1.165) is 29.7 Å². The van der Waals surface area contributed by atoms with E-state index in [1.807, 2.05) is 0 Å². The monoisotopic (exact) mass is 237 g/mol. The van der Waals surface area contributed by atoms with Gasteiger partial charge in [-0.05, 0) is 75.2 Å². The SMILES string of the molecule is CCCNC(CCC(C)C)C(C1CC1)C1CC1. The minimum Gasteiger partial charge on any atom is -0.314 e. The molecular formula is C16H31N. The first kappa shape index (κ1) is 13.4. The molecule has 2 aliphatic carbocycles. The van der Waals surface area contributed by atoms with E-state index in [9.17, 15) is 0 Å². The van der Waals surface area contributed by atoms with Crippen molar-refractivity contribution in [2.75, 3.05) is 6.54 Å². The Morgan fingerprint density at radius 1 is 1.00 bits per heavy atom. The molecule has 0 bridgehead atoms. The molecule has 2 saturated carbocycles. The molecule has 0 aliphatic heterocycles. The summed E-state index contributed by atoms with van der Waals surface area (Å²) in [5.41, 5.74) is 0. The van der Waals surface area contributed by atoms with Crippen LogP contribution in [0.3, 0.4) is 0 Å². The summed E-state index contributed by atoms with van der Waals surface area (Å²) in [4.78, 5) is 0. The van der Waals surface area contributed by atoms with Gasteiger partial charge in [0.15, 0.2) is 0 Å². The van der Waals surface area contributed by atoms with Crippen LogP contribution in [0.2, 0.25) is 0 Å². The van der Waals surface area contributed by atoms with E-state index in [4.69, 9.17) is 0 Å². The molecule has 100 valence electrons. The number of rotatable bonds is 9. The molecule has 0 heterocycles. The Morgan fingerprint density at radius 2 is 1.59 bits per heavy atom. The van der Waals surface area contributed by atoms with Crippen LogP contribution in [0, 0.1) is 23.7 Å². The average molecular weight is 237 g/mol. The van der Waals surface area contributed by atoms with Crippen molar-refractivity contribution in [3.63, 3.8) is 0 Å². The minimum absolute atomic E-state index is 0.831. The first-order chi connectivity index (χ1) is 8.22. The van der Waals surface area contributed by atoms with E-state index in [-0.39, 0.29) is 0 Å². The summed E-state index contributed by atoms with van der Waals surface area (Å²) in [7, 11) is 0. The molecule has 2 fully saturated rings. The third-order valence-corrected chi connectivity index (χ3v) is 4.51. The molecule has 0 radical (unpaired) electrons. The van der Waals surface area contributed by atoms with Crippen LogP contribution in [0.25, 0.3) is 0 Å². The molecule has 1 unspecified atom stereocenters. The Balaban J connectivity index is 1.86. The topological polar surface area (TPSA) is 12.0 Å². The van der Waals surface area contributed by atoms with Gasteiger partial charge >= 0.3 is 0 Å². The van der Waals surface area contributed by atoms with Gasteiger partial charge in [0.2, 0.25) is 0 Å². The predicted octanol–water partition coefficient (Wildman–Crippen LogP) is 4.23. The summed E-state index contributed by atoms with van der Waals surface area (Å²) in [5, 5.41) is 3.87. The average Bonchev–Trinajstić information content (AvgIpc) is 3.14. The molecule has 1 N–H and O–H groups in total. The van der Waals surface area contributed by atoms with Crippen LogP contribution in [0.1, 0.15) is 65.7 Å². The summed E-state index contributed by atoms with van der Waals surface area (Å²) in [5.74, 6) is 4.06. The van der Waals surface area contributed by atoms with Crippen molar-refractivity contribution in [2.24, 2.45) is 23.7 Å². The zero-order valence-electron chi connectivity index (χ0n) is 12.0. The second kappa shape index (κ2) is 6.22. The molecule has 1 nitrogen and oxygen atoms in total. The highest BCUT2D eigenvalue weighted by Crippen LogP contribution is 2.51. The molecule has 2 aliphatic rings. The largest absolute Gasteiger partial charge is 0.314 e.